The summed E-state index contributed by atoms with van der Waals surface area (Å²) in [5.74, 6) is 1.90. The molecule has 1 aliphatic rings. The fourth-order valence-corrected chi connectivity index (χ4v) is 7.51. The zero-order valence-electron chi connectivity index (χ0n) is 29.5. The van der Waals surface area contributed by atoms with Crippen molar-refractivity contribution in [3.05, 3.63) is 187 Å². The molecule has 0 saturated heterocycles. The van der Waals surface area contributed by atoms with E-state index >= 15 is 0 Å². The highest BCUT2D eigenvalue weighted by Crippen LogP contribution is 2.50. The summed E-state index contributed by atoms with van der Waals surface area (Å²) in [5.41, 5.74) is 15.1. The number of rotatable bonds is 6. The van der Waals surface area contributed by atoms with Gasteiger partial charge in [-0.15, -0.1) is 0 Å². The average molecular weight is 679 g/mol. The van der Waals surface area contributed by atoms with Crippen LogP contribution >= 0.6 is 0 Å². The Bertz CT molecular complexity index is 2690. The highest BCUT2D eigenvalue weighted by atomic mass is 15.0. The Kier molecular flexibility index (Phi) is 7.83. The second-order valence-corrected chi connectivity index (χ2v) is 14.0. The van der Waals surface area contributed by atoms with Gasteiger partial charge < -0.3 is 0 Å². The van der Waals surface area contributed by atoms with Crippen LogP contribution in [0.3, 0.4) is 0 Å². The van der Waals surface area contributed by atoms with Crippen molar-refractivity contribution in [3.8, 4) is 84.7 Å². The van der Waals surface area contributed by atoms with Crippen LogP contribution in [0.4, 0.5) is 0 Å². The fourth-order valence-electron chi connectivity index (χ4n) is 7.51. The smallest absolute Gasteiger partial charge is 0.164 e. The Morgan fingerprint density at radius 1 is 0.377 bits per heavy atom. The normalized spacial score (nSPS) is 12.5. The van der Waals surface area contributed by atoms with Gasteiger partial charge in [0.05, 0.1) is 11.6 Å². The van der Waals surface area contributed by atoms with Gasteiger partial charge in [0.1, 0.15) is 0 Å². The molecule has 53 heavy (non-hydrogen) atoms. The summed E-state index contributed by atoms with van der Waals surface area (Å²) in [7, 11) is 0. The van der Waals surface area contributed by atoms with Crippen molar-refractivity contribution in [2.75, 3.05) is 0 Å². The molecule has 0 spiro atoms. The molecule has 0 radical (unpaired) electrons. The fraction of sp³-hybridized carbons (Fsp3) is 0.0612. The molecule has 0 aliphatic heterocycles. The molecular weight excluding hydrogens is 645 g/mol. The van der Waals surface area contributed by atoms with Gasteiger partial charge in [-0.2, -0.15) is 5.26 Å². The third-order valence-corrected chi connectivity index (χ3v) is 10.4. The first-order valence-corrected chi connectivity index (χ1v) is 17.8. The second-order valence-electron chi connectivity index (χ2n) is 14.0. The van der Waals surface area contributed by atoms with E-state index in [4.69, 9.17) is 15.0 Å². The van der Waals surface area contributed by atoms with Crippen LogP contribution in [0.2, 0.25) is 0 Å². The number of hydrogen-bond donors (Lipinski definition) is 0. The number of nitrogens with zero attached hydrogens (tertiary/aromatic N) is 4. The van der Waals surface area contributed by atoms with E-state index in [2.05, 4.69) is 141 Å². The molecule has 7 aromatic carbocycles. The summed E-state index contributed by atoms with van der Waals surface area (Å²) in [6, 6.07) is 61.1. The van der Waals surface area contributed by atoms with Crippen LogP contribution in [0.5, 0.6) is 0 Å². The van der Waals surface area contributed by atoms with E-state index in [-0.39, 0.29) is 5.41 Å². The van der Waals surface area contributed by atoms with Crippen LogP contribution in [0, 0.1) is 11.3 Å². The van der Waals surface area contributed by atoms with Gasteiger partial charge in [0, 0.05) is 22.1 Å². The van der Waals surface area contributed by atoms with Crippen molar-refractivity contribution < 1.29 is 0 Å². The Labute approximate surface area is 309 Å². The van der Waals surface area contributed by atoms with E-state index in [0.717, 1.165) is 50.1 Å². The van der Waals surface area contributed by atoms with Crippen molar-refractivity contribution in [2.24, 2.45) is 0 Å². The lowest BCUT2D eigenvalue weighted by molar-refractivity contribution is 0.660. The first-order valence-electron chi connectivity index (χ1n) is 17.8. The van der Waals surface area contributed by atoms with Gasteiger partial charge in [-0.05, 0) is 86.0 Å². The summed E-state index contributed by atoms with van der Waals surface area (Å²) in [6.07, 6.45) is 0. The van der Waals surface area contributed by atoms with Crippen LogP contribution in [-0.2, 0) is 5.41 Å². The number of benzene rings is 7. The van der Waals surface area contributed by atoms with E-state index in [1.165, 1.54) is 22.3 Å². The second kappa shape index (κ2) is 13.0. The Morgan fingerprint density at radius 3 is 1.47 bits per heavy atom. The van der Waals surface area contributed by atoms with Crippen molar-refractivity contribution in [2.45, 2.75) is 19.3 Å². The van der Waals surface area contributed by atoms with E-state index in [1.807, 2.05) is 48.5 Å². The Morgan fingerprint density at radius 2 is 0.830 bits per heavy atom. The minimum atomic E-state index is -0.151. The average Bonchev–Trinajstić information content (AvgIpc) is 3.46. The van der Waals surface area contributed by atoms with Crippen LogP contribution in [0.1, 0.15) is 30.5 Å². The summed E-state index contributed by atoms with van der Waals surface area (Å²) in [4.78, 5) is 14.9. The molecule has 8 aromatic rings. The van der Waals surface area contributed by atoms with Crippen molar-refractivity contribution in [1.82, 2.24) is 15.0 Å². The molecule has 0 fully saturated rings. The highest BCUT2D eigenvalue weighted by Gasteiger charge is 2.35. The minimum absolute atomic E-state index is 0.151. The van der Waals surface area contributed by atoms with Crippen LogP contribution in [0.15, 0.2) is 170 Å². The van der Waals surface area contributed by atoms with Gasteiger partial charge >= 0.3 is 0 Å². The molecule has 0 unspecified atom stereocenters. The molecule has 0 saturated carbocycles. The number of aromatic nitrogens is 3. The van der Waals surface area contributed by atoms with E-state index in [0.29, 0.717) is 23.0 Å². The summed E-state index contributed by atoms with van der Waals surface area (Å²) < 4.78 is 0. The molecule has 1 heterocycles. The predicted molar refractivity (Wildman–Crippen MR) is 215 cm³/mol. The molecule has 0 atom stereocenters. The van der Waals surface area contributed by atoms with Crippen molar-refractivity contribution >= 4 is 0 Å². The monoisotopic (exact) mass is 678 g/mol. The molecule has 1 aliphatic carbocycles. The summed E-state index contributed by atoms with van der Waals surface area (Å²) in [5, 5.41) is 9.52. The topological polar surface area (TPSA) is 62.5 Å². The van der Waals surface area contributed by atoms with Gasteiger partial charge in [0.15, 0.2) is 17.5 Å². The number of nitriles is 1. The van der Waals surface area contributed by atoms with Gasteiger partial charge in [-0.25, -0.2) is 15.0 Å². The highest BCUT2D eigenvalue weighted by molar-refractivity contribution is 5.85. The SMILES string of the molecule is CC1(C)c2ccc(C#N)cc2-c2ccc(-c3cccc(-c4ccc(-c5nc(-c6ccccc6)nc(-c6cccc(-c7ccccc7)c6)n5)cc4)c3)cc21. The molecule has 0 amide bonds. The Hall–Kier alpha value is -6.96. The lowest BCUT2D eigenvalue weighted by Crippen LogP contribution is -2.15. The standard InChI is InChI=1S/C49H34N4/c1-49(2)44-26-19-32(31-50)27-43(44)42-25-24-40(30-45(42)49)39-17-9-15-37(28-39)34-20-22-36(23-21-34)47-51-46(35-13-7-4-8-14-35)52-48(53-47)41-18-10-16-38(29-41)33-11-5-3-6-12-33/h3-30H,1-2H3. The maximum atomic E-state index is 9.52. The zero-order chi connectivity index (χ0) is 35.9. The molecule has 0 N–H and O–H groups in total. The van der Waals surface area contributed by atoms with E-state index in [1.54, 1.807) is 0 Å². The van der Waals surface area contributed by atoms with Crippen LogP contribution in [-0.4, -0.2) is 15.0 Å². The quantitative estimate of drug-likeness (QED) is 0.176. The predicted octanol–water partition coefficient (Wildman–Crippen LogP) is 12.1. The van der Waals surface area contributed by atoms with Crippen LogP contribution in [0.25, 0.3) is 78.7 Å². The van der Waals surface area contributed by atoms with Crippen molar-refractivity contribution in [1.29, 1.82) is 5.26 Å². The molecule has 1 aromatic heterocycles. The summed E-state index contributed by atoms with van der Waals surface area (Å²) in [6.45, 7) is 4.54. The molecule has 9 rings (SSSR count). The van der Waals surface area contributed by atoms with Gasteiger partial charge in [0.25, 0.3) is 0 Å². The lowest BCUT2D eigenvalue weighted by atomic mass is 9.81. The van der Waals surface area contributed by atoms with Gasteiger partial charge in [-0.1, -0.05) is 153 Å². The zero-order valence-corrected chi connectivity index (χ0v) is 29.5. The maximum absolute atomic E-state index is 9.52. The molecule has 0 bridgehead atoms. The first-order chi connectivity index (χ1) is 25.9. The maximum Gasteiger partial charge on any atom is 0.164 e. The van der Waals surface area contributed by atoms with E-state index in [9.17, 15) is 5.26 Å². The summed E-state index contributed by atoms with van der Waals surface area (Å²) >= 11 is 0. The Balaban J connectivity index is 1.05. The molecule has 4 heteroatoms. The third kappa shape index (κ3) is 5.89. The lowest BCUT2D eigenvalue weighted by Gasteiger charge is -2.22. The van der Waals surface area contributed by atoms with E-state index < -0.39 is 0 Å². The van der Waals surface area contributed by atoms with Crippen molar-refractivity contribution in [3.63, 3.8) is 0 Å². The minimum Gasteiger partial charge on any atom is -0.208 e. The molecular formula is C49H34N4. The van der Waals surface area contributed by atoms with Gasteiger partial charge in [0.2, 0.25) is 0 Å². The third-order valence-electron chi connectivity index (χ3n) is 10.4. The largest absolute Gasteiger partial charge is 0.208 e. The number of fused-ring (bicyclic) bond motifs is 3. The van der Waals surface area contributed by atoms with Gasteiger partial charge in [-0.3, -0.25) is 0 Å². The molecule has 4 nitrogen and oxygen atoms in total. The van der Waals surface area contributed by atoms with Crippen LogP contribution < -0.4 is 0 Å². The molecule has 250 valence electrons. The first kappa shape index (κ1) is 32.0. The number of hydrogen-bond acceptors (Lipinski definition) is 4.